The van der Waals surface area contributed by atoms with Crippen LogP contribution >= 0.6 is 27.3 Å². The highest BCUT2D eigenvalue weighted by molar-refractivity contribution is 9.10. The summed E-state index contributed by atoms with van der Waals surface area (Å²) in [5.41, 5.74) is 4.00. The number of rotatable bonds is 1. The minimum Gasteiger partial charge on any atom is -0.334 e. The van der Waals surface area contributed by atoms with Gasteiger partial charge in [0.25, 0.3) is 11.5 Å². The average Bonchev–Trinajstić information content (AvgIpc) is 3.15. The number of benzene rings is 2. The van der Waals surface area contributed by atoms with E-state index >= 15 is 0 Å². The molecule has 0 saturated heterocycles. The second-order valence-electron chi connectivity index (χ2n) is 7.17. The molecule has 2 aromatic carbocycles. The number of aryl methyl sites for hydroxylation is 1. The highest BCUT2D eigenvalue weighted by Gasteiger charge is 2.32. The number of carbonyl (C=O) groups excluding carboxylic acids is 1. The average molecular weight is 469 g/mol. The Morgan fingerprint density at radius 2 is 1.97 bits per heavy atom. The monoisotopic (exact) mass is 468 g/mol. The van der Waals surface area contributed by atoms with E-state index in [0.29, 0.717) is 28.2 Å². The Morgan fingerprint density at radius 3 is 2.76 bits per heavy atom. The number of anilines is 2. The van der Waals surface area contributed by atoms with Crippen LogP contribution in [0.1, 0.15) is 11.1 Å². The highest BCUT2D eigenvalue weighted by atomic mass is 79.9. The lowest BCUT2D eigenvalue weighted by Crippen LogP contribution is -2.43. The number of likely N-dealkylation sites (N-methyl/N-ethyl adjacent to an activating group) is 1. The Hall–Kier alpha value is -2.71. The van der Waals surface area contributed by atoms with Crippen molar-refractivity contribution in [1.82, 2.24) is 4.57 Å². The van der Waals surface area contributed by atoms with Gasteiger partial charge in [-0.1, -0.05) is 45.0 Å². The van der Waals surface area contributed by atoms with Crippen LogP contribution in [-0.2, 0) is 11.5 Å². The minimum absolute atomic E-state index is 0.147. The molecule has 5 rings (SSSR count). The maximum atomic E-state index is 13.3. The maximum Gasteiger partial charge on any atom is 0.272 e. The number of hydrogen-bond donors (Lipinski definition) is 0. The largest absolute Gasteiger partial charge is 0.334 e. The van der Waals surface area contributed by atoms with Gasteiger partial charge in [-0.3, -0.25) is 14.2 Å². The van der Waals surface area contributed by atoms with Gasteiger partial charge >= 0.3 is 0 Å². The van der Waals surface area contributed by atoms with E-state index in [4.69, 9.17) is 0 Å². The van der Waals surface area contributed by atoms with Gasteiger partial charge in [-0.25, -0.2) is 4.99 Å². The number of halogens is 1. The molecule has 3 aromatic rings. The van der Waals surface area contributed by atoms with E-state index < -0.39 is 0 Å². The zero-order valence-electron chi connectivity index (χ0n) is 15.8. The van der Waals surface area contributed by atoms with Crippen molar-refractivity contribution in [1.29, 1.82) is 0 Å². The van der Waals surface area contributed by atoms with Crippen LogP contribution in [0.5, 0.6) is 0 Å². The summed E-state index contributed by atoms with van der Waals surface area (Å²) in [6.45, 7) is 2.86. The third-order valence-corrected chi connectivity index (χ3v) is 6.86. The summed E-state index contributed by atoms with van der Waals surface area (Å²) < 4.78 is 3.08. The summed E-state index contributed by atoms with van der Waals surface area (Å²) in [7, 11) is 1.74. The highest BCUT2D eigenvalue weighted by Crippen LogP contribution is 2.34. The molecule has 0 unspecified atom stereocenters. The fraction of sp³-hybridized carbons (Fsp3) is 0.190. The third kappa shape index (κ3) is 2.86. The van der Waals surface area contributed by atoms with E-state index in [-0.39, 0.29) is 11.5 Å². The second-order valence-corrected chi connectivity index (χ2v) is 9.06. The van der Waals surface area contributed by atoms with Crippen LogP contribution in [0.2, 0.25) is 0 Å². The summed E-state index contributed by atoms with van der Waals surface area (Å²) in [5.74, 6) is -0.147. The van der Waals surface area contributed by atoms with Gasteiger partial charge in [-0.05, 0) is 37.3 Å². The fourth-order valence-electron chi connectivity index (χ4n) is 3.75. The molecule has 0 N–H and O–H groups in total. The molecule has 0 radical (unpaired) electrons. The molecule has 3 heterocycles. The SMILES string of the molecule is Cc1ccc2c(c1)/C(=c1/sc3n(c1=O)CN(c1cccc(Br)c1)CN=3)C(=O)N2C. The summed E-state index contributed by atoms with van der Waals surface area (Å²) in [6, 6.07) is 13.8. The van der Waals surface area contributed by atoms with Gasteiger partial charge in [0.15, 0.2) is 4.80 Å². The number of fused-ring (bicyclic) bond motifs is 2. The molecular weight excluding hydrogens is 452 g/mol. The van der Waals surface area contributed by atoms with Crippen molar-refractivity contribution < 1.29 is 4.79 Å². The molecular formula is C21H17BrN4O2S. The summed E-state index contributed by atoms with van der Waals surface area (Å²) in [5, 5.41) is 0. The smallest absolute Gasteiger partial charge is 0.272 e. The Bertz CT molecular complexity index is 1360. The van der Waals surface area contributed by atoms with Crippen molar-refractivity contribution >= 4 is 50.1 Å². The molecule has 146 valence electrons. The fourth-order valence-corrected chi connectivity index (χ4v) is 5.19. The van der Waals surface area contributed by atoms with E-state index in [1.807, 2.05) is 54.3 Å². The predicted octanol–water partition coefficient (Wildman–Crippen LogP) is 2.21. The van der Waals surface area contributed by atoms with Crippen LogP contribution in [0.3, 0.4) is 0 Å². The van der Waals surface area contributed by atoms with Crippen molar-refractivity contribution in [2.75, 3.05) is 23.5 Å². The van der Waals surface area contributed by atoms with Crippen LogP contribution in [0.15, 0.2) is 56.7 Å². The van der Waals surface area contributed by atoms with Gasteiger partial charge in [-0.2, -0.15) is 0 Å². The summed E-state index contributed by atoms with van der Waals surface area (Å²) in [4.78, 5) is 35.1. The van der Waals surface area contributed by atoms with Crippen molar-refractivity contribution in [3.8, 4) is 0 Å². The van der Waals surface area contributed by atoms with Crippen molar-refractivity contribution in [3.63, 3.8) is 0 Å². The van der Waals surface area contributed by atoms with Crippen LogP contribution in [-0.4, -0.2) is 24.2 Å². The van der Waals surface area contributed by atoms with Crippen molar-refractivity contribution in [3.05, 3.63) is 77.8 Å². The molecule has 0 fully saturated rings. The van der Waals surface area contributed by atoms with Crippen molar-refractivity contribution in [2.24, 2.45) is 4.99 Å². The Labute approximate surface area is 179 Å². The second kappa shape index (κ2) is 6.67. The quantitative estimate of drug-likeness (QED) is 0.550. The van der Waals surface area contributed by atoms with E-state index in [9.17, 15) is 9.59 Å². The van der Waals surface area contributed by atoms with Crippen LogP contribution < -0.4 is 24.7 Å². The molecule has 6 nitrogen and oxygen atoms in total. The van der Waals surface area contributed by atoms with Gasteiger partial charge < -0.3 is 9.80 Å². The lowest BCUT2D eigenvalue weighted by Gasteiger charge is -2.25. The number of hydrogen-bond acceptors (Lipinski definition) is 5. The first-order chi connectivity index (χ1) is 13.9. The van der Waals surface area contributed by atoms with Gasteiger partial charge in [-0.15, -0.1) is 0 Å². The molecule has 1 aromatic heterocycles. The molecule has 0 spiro atoms. The Kier molecular flexibility index (Phi) is 4.22. The Balaban J connectivity index is 1.68. The van der Waals surface area contributed by atoms with E-state index in [1.54, 1.807) is 16.5 Å². The molecule has 0 atom stereocenters. The normalized spacial score (nSPS) is 17.3. The Morgan fingerprint density at radius 1 is 1.14 bits per heavy atom. The number of aromatic nitrogens is 1. The molecule has 2 aliphatic rings. The van der Waals surface area contributed by atoms with E-state index in [1.165, 1.54) is 11.3 Å². The first-order valence-corrected chi connectivity index (χ1v) is 10.7. The summed E-state index contributed by atoms with van der Waals surface area (Å²) in [6.07, 6.45) is 0. The molecule has 0 aliphatic carbocycles. The number of carbonyl (C=O) groups is 1. The number of thiazole rings is 1. The predicted molar refractivity (Wildman–Crippen MR) is 118 cm³/mol. The van der Waals surface area contributed by atoms with Crippen LogP contribution in [0.25, 0.3) is 5.57 Å². The van der Waals surface area contributed by atoms with Gasteiger partial charge in [0.1, 0.15) is 17.9 Å². The van der Waals surface area contributed by atoms with Gasteiger partial charge in [0.2, 0.25) is 0 Å². The van der Waals surface area contributed by atoms with Crippen LogP contribution in [0, 0.1) is 6.92 Å². The lowest BCUT2D eigenvalue weighted by molar-refractivity contribution is -0.112. The molecule has 29 heavy (non-hydrogen) atoms. The minimum atomic E-state index is -0.167. The van der Waals surface area contributed by atoms with Crippen LogP contribution in [0.4, 0.5) is 11.4 Å². The zero-order chi connectivity index (χ0) is 20.3. The molecule has 8 heteroatoms. The van der Waals surface area contributed by atoms with Gasteiger partial charge in [0, 0.05) is 22.8 Å². The molecule has 1 amide bonds. The standard InChI is InChI=1S/C21H17BrN4O2S/c1-12-6-7-16-15(8-12)17(19(27)24(16)2)18-20(28)26-11-25(10-23-21(26)29-18)14-5-3-4-13(22)9-14/h3-9H,10-11H2,1-2H3/b18-17-. The first kappa shape index (κ1) is 18.3. The van der Waals surface area contributed by atoms with E-state index in [0.717, 1.165) is 27.0 Å². The molecule has 0 saturated carbocycles. The van der Waals surface area contributed by atoms with E-state index in [2.05, 4.69) is 20.9 Å². The molecule has 2 aliphatic heterocycles. The summed E-state index contributed by atoms with van der Waals surface area (Å²) >= 11 is 4.79. The number of amides is 1. The zero-order valence-corrected chi connectivity index (χ0v) is 18.2. The van der Waals surface area contributed by atoms with Crippen molar-refractivity contribution in [2.45, 2.75) is 13.6 Å². The van der Waals surface area contributed by atoms with Gasteiger partial charge in [0.05, 0.1) is 11.3 Å². The maximum absolute atomic E-state index is 13.3. The lowest BCUT2D eigenvalue weighted by atomic mass is 10.1. The first-order valence-electron chi connectivity index (χ1n) is 9.12. The third-order valence-electron chi connectivity index (χ3n) is 5.25. The number of nitrogens with zero attached hydrogens (tertiary/aromatic N) is 4. The molecule has 0 bridgehead atoms. The topological polar surface area (TPSA) is 57.9 Å².